The topological polar surface area (TPSA) is 79.3 Å². The lowest BCUT2D eigenvalue weighted by Gasteiger charge is -2.06. The molecular formula is C15H14N2O3S. The van der Waals surface area contributed by atoms with Gasteiger partial charge in [-0.1, -0.05) is 6.07 Å². The normalized spacial score (nSPS) is 10.8. The zero-order valence-electron chi connectivity index (χ0n) is 11.6. The van der Waals surface area contributed by atoms with Crippen LogP contribution in [0.4, 0.5) is 5.69 Å². The summed E-state index contributed by atoms with van der Waals surface area (Å²) in [6.07, 6.45) is 4.09. The molecule has 0 unspecified atom stereocenters. The zero-order valence-corrected chi connectivity index (χ0v) is 12.4. The smallest absolute Gasteiger partial charge is 0.328 e. The minimum absolute atomic E-state index is 0.223. The number of carboxylic acid groups (broad SMARTS) is 1. The second kappa shape index (κ2) is 6.32. The molecule has 0 bridgehead atoms. The Bertz CT molecular complexity index is 719. The van der Waals surface area contributed by atoms with E-state index >= 15 is 0 Å². The molecule has 0 radical (unpaired) electrons. The van der Waals surface area contributed by atoms with E-state index in [0.717, 1.165) is 16.6 Å². The maximum atomic E-state index is 12.1. The second-order valence-electron chi connectivity index (χ2n) is 4.50. The monoisotopic (exact) mass is 302 g/mol. The lowest BCUT2D eigenvalue weighted by atomic mass is 10.1. The number of nitrogens with one attached hydrogen (secondary N) is 1. The van der Waals surface area contributed by atoms with E-state index in [4.69, 9.17) is 5.11 Å². The largest absolute Gasteiger partial charge is 0.478 e. The fraction of sp³-hybridized carbons (Fsp3) is 0.133. The first kappa shape index (κ1) is 14.9. The summed E-state index contributed by atoms with van der Waals surface area (Å²) in [5.41, 5.74) is 2.27. The Hall–Kier alpha value is -2.47. The van der Waals surface area contributed by atoms with Crippen molar-refractivity contribution in [2.75, 3.05) is 5.32 Å². The lowest BCUT2D eigenvalue weighted by Crippen LogP contribution is -2.10. The van der Waals surface area contributed by atoms with Gasteiger partial charge in [-0.25, -0.2) is 9.78 Å². The van der Waals surface area contributed by atoms with E-state index in [0.29, 0.717) is 16.1 Å². The van der Waals surface area contributed by atoms with Gasteiger partial charge < -0.3 is 10.4 Å². The highest BCUT2D eigenvalue weighted by Gasteiger charge is 2.09. The molecule has 0 fully saturated rings. The number of carbonyl (C=O) groups is 2. The molecule has 0 spiro atoms. The van der Waals surface area contributed by atoms with Gasteiger partial charge in [0.2, 0.25) is 0 Å². The van der Waals surface area contributed by atoms with E-state index in [1.165, 1.54) is 23.6 Å². The van der Waals surface area contributed by atoms with Crippen LogP contribution < -0.4 is 5.32 Å². The van der Waals surface area contributed by atoms with Crippen molar-refractivity contribution in [3.63, 3.8) is 0 Å². The maximum Gasteiger partial charge on any atom is 0.328 e. The third-order valence-electron chi connectivity index (χ3n) is 2.62. The highest BCUT2D eigenvalue weighted by atomic mass is 32.1. The first-order chi connectivity index (χ1) is 9.94. The first-order valence-corrected chi connectivity index (χ1v) is 7.02. The Balaban J connectivity index is 2.20. The third kappa shape index (κ3) is 4.25. The van der Waals surface area contributed by atoms with Crippen LogP contribution in [0, 0.1) is 13.8 Å². The molecule has 0 aliphatic heterocycles. The molecular weight excluding hydrogens is 288 g/mol. The van der Waals surface area contributed by atoms with Gasteiger partial charge >= 0.3 is 5.97 Å². The number of nitrogens with zero attached hydrogens (tertiary/aromatic N) is 1. The van der Waals surface area contributed by atoms with Crippen molar-refractivity contribution in [1.29, 1.82) is 0 Å². The van der Waals surface area contributed by atoms with Crippen molar-refractivity contribution in [3.8, 4) is 0 Å². The van der Waals surface area contributed by atoms with Crippen molar-refractivity contribution in [1.82, 2.24) is 4.98 Å². The highest BCUT2D eigenvalue weighted by Crippen LogP contribution is 2.18. The van der Waals surface area contributed by atoms with Gasteiger partial charge in [-0.3, -0.25) is 4.79 Å². The summed E-state index contributed by atoms with van der Waals surface area (Å²) in [5.74, 6) is -1.23. The molecule has 0 aliphatic carbocycles. The van der Waals surface area contributed by atoms with E-state index in [-0.39, 0.29) is 5.91 Å². The minimum atomic E-state index is -1.01. The van der Waals surface area contributed by atoms with Gasteiger partial charge in [-0.2, -0.15) is 0 Å². The molecule has 0 atom stereocenters. The number of amides is 1. The molecule has 2 rings (SSSR count). The van der Waals surface area contributed by atoms with Gasteiger partial charge in [-0.05, 0) is 43.2 Å². The standard InChI is InChI=1S/C15H14N2O3S/c1-9-5-11(3-4-14(18)19)7-12(6-9)17-15(20)13-8-16-10(2)21-13/h3-8H,1-2H3,(H,17,20)(H,18,19)/b4-3+. The molecule has 1 heterocycles. The zero-order chi connectivity index (χ0) is 15.4. The number of benzene rings is 1. The molecule has 1 aromatic carbocycles. The highest BCUT2D eigenvalue weighted by molar-refractivity contribution is 7.13. The number of aliphatic carboxylic acids is 1. The van der Waals surface area contributed by atoms with Crippen molar-refractivity contribution < 1.29 is 14.7 Å². The summed E-state index contributed by atoms with van der Waals surface area (Å²) in [5, 5.41) is 12.3. The molecule has 0 saturated carbocycles. The van der Waals surface area contributed by atoms with Gasteiger partial charge in [-0.15, -0.1) is 11.3 Å². The van der Waals surface area contributed by atoms with Crippen LogP contribution in [0.2, 0.25) is 0 Å². The minimum Gasteiger partial charge on any atom is -0.478 e. The van der Waals surface area contributed by atoms with Crippen LogP contribution in [0.15, 0.2) is 30.5 Å². The average molecular weight is 302 g/mol. The molecule has 2 aromatic rings. The molecule has 108 valence electrons. The molecule has 5 nitrogen and oxygen atoms in total. The number of hydrogen-bond acceptors (Lipinski definition) is 4. The maximum absolute atomic E-state index is 12.1. The van der Waals surface area contributed by atoms with Crippen LogP contribution in [0.3, 0.4) is 0 Å². The fourth-order valence-corrected chi connectivity index (χ4v) is 2.48. The van der Waals surface area contributed by atoms with Gasteiger partial charge in [0.15, 0.2) is 0 Å². The number of aryl methyl sites for hydroxylation is 2. The van der Waals surface area contributed by atoms with Crippen molar-refractivity contribution in [2.45, 2.75) is 13.8 Å². The summed E-state index contributed by atoms with van der Waals surface area (Å²) < 4.78 is 0. The van der Waals surface area contributed by atoms with Gasteiger partial charge in [0, 0.05) is 11.8 Å². The van der Waals surface area contributed by atoms with Crippen molar-refractivity contribution in [3.05, 3.63) is 51.5 Å². The lowest BCUT2D eigenvalue weighted by molar-refractivity contribution is -0.131. The summed E-state index contributed by atoms with van der Waals surface area (Å²) in [4.78, 5) is 27.2. The summed E-state index contributed by atoms with van der Waals surface area (Å²) in [7, 11) is 0. The number of rotatable bonds is 4. The molecule has 0 saturated heterocycles. The van der Waals surface area contributed by atoms with Crippen LogP contribution >= 0.6 is 11.3 Å². The summed E-state index contributed by atoms with van der Waals surface area (Å²) in [6.45, 7) is 3.72. The van der Waals surface area contributed by atoms with Gasteiger partial charge in [0.25, 0.3) is 5.91 Å². The molecule has 0 aliphatic rings. The summed E-state index contributed by atoms with van der Waals surface area (Å²) in [6, 6.07) is 5.38. The summed E-state index contributed by atoms with van der Waals surface area (Å²) >= 11 is 1.32. The molecule has 2 N–H and O–H groups in total. The van der Waals surface area contributed by atoms with Crippen LogP contribution in [-0.4, -0.2) is 22.0 Å². The third-order valence-corrected chi connectivity index (χ3v) is 3.53. The average Bonchev–Trinajstić information content (AvgIpc) is 2.82. The van der Waals surface area contributed by atoms with Crippen LogP contribution in [0.25, 0.3) is 6.08 Å². The molecule has 6 heteroatoms. The van der Waals surface area contributed by atoms with Gasteiger partial charge in [0.1, 0.15) is 4.88 Å². The Kier molecular flexibility index (Phi) is 4.49. The second-order valence-corrected chi connectivity index (χ2v) is 5.74. The Morgan fingerprint density at radius 2 is 2.05 bits per heavy atom. The SMILES string of the molecule is Cc1cc(/C=C/C(=O)O)cc(NC(=O)c2cnc(C)s2)c1. The van der Waals surface area contributed by atoms with E-state index in [1.807, 2.05) is 26.0 Å². The fourth-order valence-electron chi connectivity index (χ4n) is 1.81. The predicted octanol–water partition coefficient (Wildman–Crippen LogP) is 3.11. The van der Waals surface area contributed by atoms with Crippen LogP contribution in [-0.2, 0) is 4.79 Å². The van der Waals surface area contributed by atoms with Crippen LogP contribution in [0.5, 0.6) is 0 Å². The van der Waals surface area contributed by atoms with Crippen LogP contribution in [0.1, 0.15) is 25.8 Å². The van der Waals surface area contributed by atoms with E-state index in [9.17, 15) is 9.59 Å². The van der Waals surface area contributed by atoms with E-state index < -0.39 is 5.97 Å². The van der Waals surface area contributed by atoms with E-state index in [2.05, 4.69) is 10.3 Å². The Morgan fingerprint density at radius 1 is 1.29 bits per heavy atom. The molecule has 1 aromatic heterocycles. The van der Waals surface area contributed by atoms with Gasteiger partial charge in [0.05, 0.1) is 11.2 Å². The first-order valence-electron chi connectivity index (χ1n) is 6.20. The Labute approximate surface area is 126 Å². The number of anilines is 1. The number of carboxylic acids is 1. The van der Waals surface area contributed by atoms with Crippen molar-refractivity contribution >= 4 is 35.0 Å². The predicted molar refractivity (Wildman–Crippen MR) is 82.7 cm³/mol. The number of hydrogen-bond donors (Lipinski definition) is 2. The Morgan fingerprint density at radius 3 is 2.67 bits per heavy atom. The van der Waals surface area contributed by atoms with Crippen molar-refractivity contribution in [2.24, 2.45) is 0 Å². The number of carbonyl (C=O) groups excluding carboxylic acids is 1. The molecule has 1 amide bonds. The molecule has 21 heavy (non-hydrogen) atoms. The number of aromatic nitrogens is 1. The quantitative estimate of drug-likeness (QED) is 0.850. The number of thiazole rings is 1. The van der Waals surface area contributed by atoms with E-state index in [1.54, 1.807) is 6.07 Å².